The van der Waals surface area contributed by atoms with Gasteiger partial charge in [0.2, 0.25) is 0 Å². The lowest BCUT2D eigenvalue weighted by Gasteiger charge is -2.18. The number of anilines is 1. The van der Waals surface area contributed by atoms with E-state index in [1.165, 1.54) is 0 Å². The zero-order valence-corrected chi connectivity index (χ0v) is 27.4. The van der Waals surface area contributed by atoms with Gasteiger partial charge in [-0.1, -0.05) is 66.7 Å². The molecule has 0 bridgehead atoms. The van der Waals surface area contributed by atoms with Gasteiger partial charge < -0.3 is 13.6 Å². The summed E-state index contributed by atoms with van der Waals surface area (Å²) < 4.78 is 10.6. The van der Waals surface area contributed by atoms with Crippen LogP contribution in [0.2, 0.25) is 0 Å². The van der Waals surface area contributed by atoms with Crippen LogP contribution in [0.1, 0.15) is 26.3 Å². The highest BCUT2D eigenvalue weighted by Gasteiger charge is 2.37. The number of furan rings is 1. The Morgan fingerprint density at radius 2 is 0.981 bits per heavy atom. The van der Waals surface area contributed by atoms with Crippen molar-refractivity contribution in [2.45, 2.75) is 0 Å². The quantitative estimate of drug-likeness (QED) is 0.175. The van der Waals surface area contributed by atoms with E-state index in [9.17, 15) is 14.9 Å². The number of hydrogen-bond acceptors (Lipinski definition) is 4. The van der Waals surface area contributed by atoms with Crippen molar-refractivity contribution in [2.24, 2.45) is 0 Å². The molecule has 0 saturated heterocycles. The van der Waals surface area contributed by atoms with Crippen molar-refractivity contribution in [1.29, 1.82) is 5.26 Å². The lowest BCUT2D eigenvalue weighted by molar-refractivity contribution is 0.0926. The van der Waals surface area contributed by atoms with E-state index in [1.54, 1.807) is 36.4 Å². The fourth-order valence-electron chi connectivity index (χ4n) is 8.19. The molecule has 0 radical (unpaired) electrons. The summed E-state index contributed by atoms with van der Waals surface area (Å²) in [6.07, 6.45) is 0. The Balaban J connectivity index is 1.18. The highest BCUT2D eigenvalue weighted by molar-refractivity contribution is 6.35. The first-order valence-electron chi connectivity index (χ1n) is 17.0. The number of carbonyl (C=O) groups is 2. The average Bonchev–Trinajstić information content (AvgIpc) is 3.90. The van der Waals surface area contributed by atoms with Crippen molar-refractivity contribution in [3.63, 3.8) is 0 Å². The molecule has 1 aliphatic heterocycles. The minimum absolute atomic E-state index is 0.242. The van der Waals surface area contributed by atoms with Crippen LogP contribution in [0.15, 0.2) is 150 Å². The van der Waals surface area contributed by atoms with Crippen molar-refractivity contribution >= 4 is 83.1 Å². The highest BCUT2D eigenvalue weighted by atomic mass is 16.3. The minimum atomic E-state index is -0.437. The van der Waals surface area contributed by atoms with Gasteiger partial charge in [0.05, 0.1) is 44.4 Å². The fourth-order valence-corrected chi connectivity index (χ4v) is 8.19. The molecule has 0 fully saturated rings. The maximum Gasteiger partial charge on any atom is 0.266 e. The number of carbonyl (C=O) groups excluding carboxylic acids is 2. The number of fused-ring (bicyclic) bond motifs is 10. The molecule has 11 rings (SSSR count). The zero-order chi connectivity index (χ0) is 34.7. The molecule has 3 aromatic heterocycles. The summed E-state index contributed by atoms with van der Waals surface area (Å²) in [7, 11) is 0. The molecule has 7 aromatic carbocycles. The van der Waals surface area contributed by atoms with Crippen LogP contribution < -0.4 is 4.90 Å². The van der Waals surface area contributed by atoms with Crippen LogP contribution in [-0.2, 0) is 0 Å². The van der Waals surface area contributed by atoms with Gasteiger partial charge in [0.1, 0.15) is 17.2 Å². The number of imide groups is 1. The molecule has 7 nitrogen and oxygen atoms in total. The van der Waals surface area contributed by atoms with Crippen LogP contribution in [0.4, 0.5) is 5.69 Å². The number of nitriles is 1. The van der Waals surface area contributed by atoms with Gasteiger partial charge in [0.25, 0.3) is 11.8 Å². The van der Waals surface area contributed by atoms with Crippen LogP contribution in [0.5, 0.6) is 0 Å². The molecule has 0 atom stereocenters. The Labute approximate surface area is 295 Å². The Bertz CT molecular complexity index is 3230. The number of aromatic nitrogens is 2. The van der Waals surface area contributed by atoms with Gasteiger partial charge in [-0.25, -0.2) is 4.90 Å². The standard InChI is InChI=1S/C45H24N4O3/c46-25-26-17-18-28(22-39(26)49-44(50)32-12-1-2-13-33(32)45(49)51)48-38-15-7-4-10-30(38)35-23-40-34(24-41(35)48)29-9-3-6-14-37(29)47(40)27-19-20-43-36(21-27)31-11-5-8-16-42(31)52-43/h1-24H. The molecule has 0 unspecified atom stereocenters. The van der Waals surface area contributed by atoms with E-state index < -0.39 is 11.8 Å². The number of rotatable bonds is 3. The van der Waals surface area contributed by atoms with Crippen LogP contribution >= 0.6 is 0 Å². The van der Waals surface area contributed by atoms with Gasteiger partial charge in [-0.2, -0.15) is 5.26 Å². The van der Waals surface area contributed by atoms with E-state index in [2.05, 4.69) is 81.9 Å². The minimum Gasteiger partial charge on any atom is -0.456 e. The molecular weight excluding hydrogens is 645 g/mol. The predicted molar refractivity (Wildman–Crippen MR) is 205 cm³/mol. The van der Waals surface area contributed by atoms with Gasteiger partial charge >= 0.3 is 0 Å². The van der Waals surface area contributed by atoms with Gasteiger partial charge in [0.15, 0.2) is 0 Å². The second kappa shape index (κ2) is 10.3. The molecule has 52 heavy (non-hydrogen) atoms. The van der Waals surface area contributed by atoms with Gasteiger partial charge in [-0.05, 0) is 78.9 Å². The third-order valence-electron chi connectivity index (χ3n) is 10.5. The molecule has 0 saturated carbocycles. The molecule has 7 heteroatoms. The second-order valence-electron chi connectivity index (χ2n) is 13.2. The monoisotopic (exact) mass is 668 g/mol. The molecular formula is C45H24N4O3. The summed E-state index contributed by atoms with van der Waals surface area (Å²) >= 11 is 0. The summed E-state index contributed by atoms with van der Waals surface area (Å²) in [6, 6.07) is 50.0. The normalized spacial score (nSPS) is 13.0. The Kier molecular flexibility index (Phi) is 5.63. The molecule has 4 heterocycles. The SMILES string of the molecule is N#Cc1ccc(-n2c3ccccc3c3cc4c(cc32)c2ccccc2n4-c2ccc3oc4ccccc4c3c2)cc1N1C(=O)c2ccccc2C1=O. The summed E-state index contributed by atoms with van der Waals surface area (Å²) in [5.41, 5.74) is 8.72. The fraction of sp³-hybridized carbons (Fsp3) is 0. The van der Waals surface area contributed by atoms with Crippen LogP contribution in [-0.4, -0.2) is 20.9 Å². The second-order valence-corrected chi connectivity index (χ2v) is 13.2. The van der Waals surface area contributed by atoms with Crippen molar-refractivity contribution in [1.82, 2.24) is 9.13 Å². The van der Waals surface area contributed by atoms with Gasteiger partial charge in [-0.3, -0.25) is 9.59 Å². The Morgan fingerprint density at radius 1 is 0.462 bits per heavy atom. The zero-order valence-electron chi connectivity index (χ0n) is 27.4. The van der Waals surface area contributed by atoms with E-state index >= 15 is 0 Å². The van der Waals surface area contributed by atoms with E-state index in [1.807, 2.05) is 42.5 Å². The first-order chi connectivity index (χ1) is 25.6. The van der Waals surface area contributed by atoms with Crippen LogP contribution in [0.25, 0.3) is 76.9 Å². The number of nitrogens with zero attached hydrogens (tertiary/aromatic N) is 4. The largest absolute Gasteiger partial charge is 0.456 e. The number of amides is 2. The van der Waals surface area contributed by atoms with Crippen molar-refractivity contribution in [3.8, 4) is 17.4 Å². The van der Waals surface area contributed by atoms with E-state index in [0.29, 0.717) is 11.1 Å². The third-order valence-corrected chi connectivity index (χ3v) is 10.5. The number of hydrogen-bond donors (Lipinski definition) is 0. The van der Waals surface area contributed by atoms with Crippen LogP contribution in [0, 0.1) is 11.3 Å². The highest BCUT2D eigenvalue weighted by Crippen LogP contribution is 2.41. The van der Waals surface area contributed by atoms with E-state index in [0.717, 1.165) is 81.8 Å². The van der Waals surface area contributed by atoms with Gasteiger partial charge in [-0.15, -0.1) is 0 Å². The molecule has 242 valence electrons. The maximum absolute atomic E-state index is 13.6. The maximum atomic E-state index is 13.6. The molecule has 0 N–H and O–H groups in total. The van der Waals surface area contributed by atoms with E-state index in [-0.39, 0.29) is 11.3 Å². The summed E-state index contributed by atoms with van der Waals surface area (Å²) in [4.78, 5) is 28.3. The van der Waals surface area contributed by atoms with Crippen LogP contribution in [0.3, 0.4) is 0 Å². The molecule has 1 aliphatic rings. The molecule has 0 aliphatic carbocycles. The summed E-state index contributed by atoms with van der Waals surface area (Å²) in [5.74, 6) is -0.875. The molecule has 0 spiro atoms. The smallest absolute Gasteiger partial charge is 0.266 e. The molecule has 2 amide bonds. The van der Waals surface area contributed by atoms with E-state index in [4.69, 9.17) is 4.42 Å². The first kappa shape index (κ1) is 28.4. The topological polar surface area (TPSA) is 84.2 Å². The average molecular weight is 669 g/mol. The first-order valence-corrected chi connectivity index (χ1v) is 17.0. The van der Waals surface area contributed by atoms with Crippen molar-refractivity contribution in [3.05, 3.63) is 162 Å². The predicted octanol–water partition coefficient (Wildman–Crippen LogP) is 10.5. The number of para-hydroxylation sites is 3. The Hall–Kier alpha value is -7.43. The lowest BCUT2D eigenvalue weighted by Crippen LogP contribution is -2.30. The van der Waals surface area contributed by atoms with Gasteiger partial charge in [0, 0.05) is 43.7 Å². The third kappa shape index (κ3) is 3.72. The summed E-state index contributed by atoms with van der Waals surface area (Å²) in [6.45, 7) is 0. The summed E-state index contributed by atoms with van der Waals surface area (Å²) in [5, 5.41) is 16.6. The van der Waals surface area contributed by atoms with Crippen molar-refractivity contribution in [2.75, 3.05) is 4.90 Å². The van der Waals surface area contributed by atoms with Crippen molar-refractivity contribution < 1.29 is 14.0 Å². The Morgan fingerprint density at radius 3 is 1.62 bits per heavy atom. The molecule has 10 aromatic rings. The lowest BCUT2D eigenvalue weighted by atomic mass is 10.1. The number of benzene rings is 7.